The molecule has 0 amide bonds. The molecule has 0 bridgehead atoms. The molecule has 0 saturated carbocycles. The Balaban J connectivity index is 2.01. The van der Waals surface area contributed by atoms with Crippen LogP contribution in [0.25, 0.3) is 0 Å². The Morgan fingerprint density at radius 3 is 1.57 bits per heavy atom. The van der Waals surface area contributed by atoms with Crippen LogP contribution < -0.4 is 4.74 Å². The first-order chi connectivity index (χ1) is 16.8. The van der Waals surface area contributed by atoms with E-state index >= 15 is 0 Å². The number of rotatable bonds is 16. The molecule has 0 radical (unpaired) electrons. The number of carbonyl (C=O) groups excluding carboxylic acids is 2. The van der Waals surface area contributed by atoms with E-state index in [0.29, 0.717) is 23.3 Å². The first-order valence-electron chi connectivity index (χ1n) is 13.2. The Bertz CT molecular complexity index is 891. The number of benzene rings is 2. The van der Waals surface area contributed by atoms with Crippen LogP contribution in [0, 0.1) is 5.92 Å². The number of hydrogen-bond donors (Lipinski definition) is 1. The van der Waals surface area contributed by atoms with Crippen LogP contribution in [0.15, 0.2) is 48.5 Å². The van der Waals surface area contributed by atoms with Gasteiger partial charge in [0.1, 0.15) is 5.75 Å². The molecule has 1 N–H and O–H groups in total. The van der Waals surface area contributed by atoms with Crippen molar-refractivity contribution in [1.82, 2.24) is 0 Å². The Labute approximate surface area is 212 Å². The van der Waals surface area contributed by atoms with Gasteiger partial charge in [-0.2, -0.15) is 0 Å². The summed E-state index contributed by atoms with van der Waals surface area (Å²) in [5.74, 6) is -0.169. The number of ketones is 2. The topological polar surface area (TPSA) is 63.6 Å². The second kappa shape index (κ2) is 14.8. The summed E-state index contributed by atoms with van der Waals surface area (Å²) in [5.41, 5.74) is 2.34. The Hall–Kier alpha value is -2.46. The maximum absolute atomic E-state index is 13.5. The molecule has 2 rings (SSSR count). The molecule has 0 saturated heterocycles. The Morgan fingerprint density at radius 1 is 0.714 bits per heavy atom. The van der Waals surface area contributed by atoms with E-state index in [1.807, 2.05) is 24.3 Å². The number of hydrogen-bond acceptors (Lipinski definition) is 4. The van der Waals surface area contributed by atoms with Crippen molar-refractivity contribution in [3.05, 3.63) is 65.2 Å². The monoisotopic (exact) mass is 480 g/mol. The van der Waals surface area contributed by atoms with Gasteiger partial charge in [-0.25, -0.2) is 0 Å². The second-order valence-electron chi connectivity index (χ2n) is 10.5. The molecule has 4 nitrogen and oxygen atoms in total. The van der Waals surface area contributed by atoms with Crippen molar-refractivity contribution in [2.24, 2.45) is 5.92 Å². The lowest BCUT2D eigenvalue weighted by molar-refractivity contribution is 0.0797. The number of Topliss-reactive ketones (excluding diaryl/α,β-unsaturated/α-hetero) is 2. The molecule has 35 heavy (non-hydrogen) atoms. The van der Waals surface area contributed by atoms with Crippen LogP contribution in [0.1, 0.15) is 111 Å². The summed E-state index contributed by atoms with van der Waals surface area (Å²) in [5, 5.41) is 8.85. The third kappa shape index (κ3) is 9.60. The number of methoxy groups -OCH3 is 1. The third-order valence-corrected chi connectivity index (χ3v) is 6.69. The second-order valence-corrected chi connectivity index (χ2v) is 10.5. The van der Waals surface area contributed by atoms with E-state index in [2.05, 4.69) is 20.8 Å². The highest BCUT2D eigenvalue weighted by Crippen LogP contribution is 2.26. The molecule has 2 aromatic carbocycles. The van der Waals surface area contributed by atoms with E-state index in [9.17, 15) is 9.59 Å². The first kappa shape index (κ1) is 28.8. The molecule has 0 aliphatic carbocycles. The quantitative estimate of drug-likeness (QED) is 0.153. The number of aliphatic hydroxyl groups excluding tert-OH is 1. The fourth-order valence-corrected chi connectivity index (χ4v) is 4.37. The van der Waals surface area contributed by atoms with Gasteiger partial charge in [-0.1, -0.05) is 96.4 Å². The van der Waals surface area contributed by atoms with Crippen LogP contribution >= 0.6 is 0 Å². The fourth-order valence-electron chi connectivity index (χ4n) is 4.37. The minimum Gasteiger partial charge on any atom is -0.497 e. The highest BCUT2D eigenvalue weighted by Gasteiger charge is 2.28. The average Bonchev–Trinajstić information content (AvgIpc) is 2.86. The van der Waals surface area contributed by atoms with Gasteiger partial charge in [-0.15, -0.1) is 0 Å². The van der Waals surface area contributed by atoms with E-state index in [1.54, 1.807) is 31.4 Å². The minimum atomic E-state index is -0.664. The predicted molar refractivity (Wildman–Crippen MR) is 144 cm³/mol. The summed E-state index contributed by atoms with van der Waals surface area (Å²) < 4.78 is 5.21. The van der Waals surface area contributed by atoms with Crippen molar-refractivity contribution in [2.45, 2.75) is 90.4 Å². The first-order valence-corrected chi connectivity index (χ1v) is 13.2. The zero-order chi connectivity index (χ0) is 25.7. The summed E-state index contributed by atoms with van der Waals surface area (Å²) in [7, 11) is 1.60. The van der Waals surface area contributed by atoms with Gasteiger partial charge < -0.3 is 9.84 Å². The van der Waals surface area contributed by atoms with Gasteiger partial charge in [-0.3, -0.25) is 9.59 Å². The number of carbonyl (C=O) groups is 2. The van der Waals surface area contributed by atoms with Crippen molar-refractivity contribution < 1.29 is 19.4 Å². The Morgan fingerprint density at radius 2 is 1.14 bits per heavy atom. The molecule has 0 spiro atoms. The zero-order valence-electron chi connectivity index (χ0n) is 22.1. The average molecular weight is 481 g/mol. The van der Waals surface area contributed by atoms with Crippen LogP contribution in [0.5, 0.6) is 5.75 Å². The van der Waals surface area contributed by atoms with Crippen molar-refractivity contribution in [3.8, 4) is 5.75 Å². The summed E-state index contributed by atoms with van der Waals surface area (Å²) in [6, 6.07) is 14.8. The standard InChI is InChI=1S/C31H44O4/c1-31(2,3)26-19-15-24(16-20-26)29(33)28(30(34)25-17-21-27(35-4)22-18-25)14-12-10-8-6-5-7-9-11-13-23-32/h15-22,28,32H,5-14,23H2,1-4H3. The number of unbranched alkanes of at least 4 members (excludes halogenated alkanes) is 8. The van der Waals surface area contributed by atoms with E-state index in [0.717, 1.165) is 32.1 Å². The van der Waals surface area contributed by atoms with Gasteiger partial charge >= 0.3 is 0 Å². The van der Waals surface area contributed by atoms with Gasteiger partial charge in [0, 0.05) is 17.7 Å². The summed E-state index contributed by atoms with van der Waals surface area (Å²) >= 11 is 0. The maximum atomic E-state index is 13.5. The van der Waals surface area contributed by atoms with E-state index < -0.39 is 5.92 Å². The van der Waals surface area contributed by atoms with E-state index in [-0.39, 0.29) is 23.6 Å². The molecule has 0 heterocycles. The largest absolute Gasteiger partial charge is 0.497 e. The maximum Gasteiger partial charge on any atom is 0.173 e. The van der Waals surface area contributed by atoms with Gasteiger partial charge in [0.2, 0.25) is 0 Å². The highest BCUT2D eigenvalue weighted by molar-refractivity contribution is 6.16. The predicted octanol–water partition coefficient (Wildman–Crippen LogP) is 7.57. The van der Waals surface area contributed by atoms with Crippen LogP contribution in [0.3, 0.4) is 0 Å². The molecule has 0 aromatic heterocycles. The molecule has 2 aromatic rings. The molecule has 0 aliphatic heterocycles. The minimum absolute atomic E-state index is 0.0126. The van der Waals surface area contributed by atoms with Crippen LogP contribution in [0.2, 0.25) is 0 Å². The fraction of sp³-hybridized carbons (Fsp3) is 0.548. The normalized spacial score (nSPS) is 12.4. The van der Waals surface area contributed by atoms with Crippen molar-refractivity contribution in [2.75, 3.05) is 13.7 Å². The summed E-state index contributed by atoms with van der Waals surface area (Å²) in [4.78, 5) is 26.9. The zero-order valence-corrected chi connectivity index (χ0v) is 22.1. The molecule has 192 valence electrons. The highest BCUT2D eigenvalue weighted by atomic mass is 16.5. The van der Waals surface area contributed by atoms with Crippen molar-refractivity contribution in [3.63, 3.8) is 0 Å². The summed E-state index contributed by atoms with van der Waals surface area (Å²) in [6.45, 7) is 6.73. The number of ether oxygens (including phenoxy) is 1. The molecule has 0 fully saturated rings. The van der Waals surface area contributed by atoms with Crippen molar-refractivity contribution >= 4 is 11.6 Å². The molecule has 4 heteroatoms. The van der Waals surface area contributed by atoms with E-state index in [1.165, 1.54) is 31.2 Å². The van der Waals surface area contributed by atoms with Gasteiger partial charge in [0.25, 0.3) is 0 Å². The van der Waals surface area contributed by atoms with Gasteiger partial charge in [0.15, 0.2) is 11.6 Å². The Kier molecular flexibility index (Phi) is 12.2. The molecule has 0 aliphatic rings. The smallest absolute Gasteiger partial charge is 0.173 e. The molecule has 1 unspecified atom stereocenters. The molecular formula is C31H44O4. The van der Waals surface area contributed by atoms with Gasteiger partial charge in [0.05, 0.1) is 13.0 Å². The van der Waals surface area contributed by atoms with Crippen LogP contribution in [-0.4, -0.2) is 30.4 Å². The van der Waals surface area contributed by atoms with Gasteiger partial charge in [-0.05, 0) is 48.1 Å². The lowest BCUT2D eigenvalue weighted by Crippen LogP contribution is -2.25. The SMILES string of the molecule is COc1ccc(C(=O)C(CCCCCCCCCCCO)C(=O)c2ccc(C(C)(C)C)cc2)cc1. The third-order valence-electron chi connectivity index (χ3n) is 6.69. The van der Waals surface area contributed by atoms with E-state index in [4.69, 9.17) is 9.84 Å². The number of aliphatic hydroxyl groups is 1. The molecule has 1 atom stereocenters. The lowest BCUT2D eigenvalue weighted by Gasteiger charge is -2.20. The lowest BCUT2D eigenvalue weighted by atomic mass is 9.83. The molecular weight excluding hydrogens is 436 g/mol. The van der Waals surface area contributed by atoms with Crippen LogP contribution in [-0.2, 0) is 5.41 Å². The summed E-state index contributed by atoms with van der Waals surface area (Å²) in [6.07, 6.45) is 10.4. The van der Waals surface area contributed by atoms with Crippen LogP contribution in [0.4, 0.5) is 0 Å². The van der Waals surface area contributed by atoms with Crippen molar-refractivity contribution in [1.29, 1.82) is 0 Å².